The lowest BCUT2D eigenvalue weighted by atomic mass is 9.93. The van der Waals surface area contributed by atoms with Gasteiger partial charge >= 0.3 is 0 Å². The van der Waals surface area contributed by atoms with Crippen LogP contribution in [0.4, 0.5) is 11.8 Å². The first-order valence-corrected chi connectivity index (χ1v) is 14.2. The lowest BCUT2D eigenvalue weighted by Crippen LogP contribution is -2.38. The average Bonchev–Trinajstić information content (AvgIpc) is 3.00. The zero-order valence-corrected chi connectivity index (χ0v) is 22.5. The first kappa shape index (κ1) is 26.0. The quantitative estimate of drug-likeness (QED) is 0.440. The van der Waals surface area contributed by atoms with Gasteiger partial charge < -0.3 is 29.2 Å². The number of fused-ring (bicyclic) bond motifs is 1. The minimum atomic E-state index is 0.141. The Hall–Kier alpha value is -3.21. The average molecular weight is 535 g/mol. The van der Waals surface area contributed by atoms with Gasteiger partial charge in [0.15, 0.2) is 5.75 Å². The Labute approximate surface area is 229 Å². The normalized spacial score (nSPS) is 22.5. The number of nitrogens with one attached hydrogen (secondary N) is 1. The van der Waals surface area contributed by atoms with Gasteiger partial charge in [-0.05, 0) is 43.2 Å². The molecule has 208 valence electrons. The van der Waals surface area contributed by atoms with Gasteiger partial charge in [0.25, 0.3) is 0 Å². The highest BCUT2D eigenvalue weighted by molar-refractivity contribution is 5.89. The highest BCUT2D eigenvalue weighted by atomic mass is 16.5. The Bertz CT molecular complexity index is 1190. The molecule has 0 bridgehead atoms. The molecule has 3 aromatic rings. The predicted octanol–water partition coefficient (Wildman–Crippen LogP) is 3.37. The van der Waals surface area contributed by atoms with Crippen LogP contribution in [0, 0.1) is 0 Å². The van der Waals surface area contributed by atoms with Crippen LogP contribution in [-0.4, -0.2) is 97.8 Å². The maximum Gasteiger partial charge on any atom is 0.223 e. The molecule has 0 atom stereocenters. The number of ether oxygens (including phenoxy) is 4. The molecule has 1 N–H and O–H groups in total. The summed E-state index contributed by atoms with van der Waals surface area (Å²) in [7, 11) is 0. The van der Waals surface area contributed by atoms with Crippen LogP contribution in [0.2, 0.25) is 0 Å². The molecule has 10 nitrogen and oxygen atoms in total. The van der Waals surface area contributed by atoms with E-state index >= 15 is 0 Å². The van der Waals surface area contributed by atoms with Crippen LogP contribution in [0.25, 0.3) is 10.8 Å². The van der Waals surface area contributed by atoms with Gasteiger partial charge in [-0.2, -0.15) is 4.98 Å². The van der Waals surface area contributed by atoms with Crippen LogP contribution in [0.15, 0.2) is 42.7 Å². The van der Waals surface area contributed by atoms with Crippen molar-refractivity contribution in [3.05, 3.63) is 42.7 Å². The SMILES string of the molecule is c1ccc2c(OC3CCC(Nc4ncc(OCCN5CCOCC5)cn4)CC3)nc(N3CCOCC3)cc2c1. The number of hydrogen-bond donors (Lipinski definition) is 1. The maximum atomic E-state index is 6.54. The second-order valence-electron chi connectivity index (χ2n) is 10.4. The molecule has 39 heavy (non-hydrogen) atoms. The molecule has 3 aliphatic rings. The minimum Gasteiger partial charge on any atom is -0.489 e. The van der Waals surface area contributed by atoms with Crippen LogP contribution in [0.1, 0.15) is 25.7 Å². The Morgan fingerprint density at radius 2 is 1.62 bits per heavy atom. The second-order valence-corrected chi connectivity index (χ2v) is 10.4. The van der Waals surface area contributed by atoms with Crippen molar-refractivity contribution in [2.75, 3.05) is 76.0 Å². The van der Waals surface area contributed by atoms with Crippen molar-refractivity contribution >= 4 is 22.5 Å². The summed E-state index contributed by atoms with van der Waals surface area (Å²) in [6.45, 7) is 8.20. The van der Waals surface area contributed by atoms with Gasteiger partial charge in [-0.3, -0.25) is 4.90 Å². The number of anilines is 2. The van der Waals surface area contributed by atoms with Gasteiger partial charge in [-0.1, -0.05) is 18.2 Å². The van der Waals surface area contributed by atoms with Gasteiger partial charge in [-0.25, -0.2) is 9.97 Å². The fourth-order valence-electron chi connectivity index (χ4n) is 5.45. The van der Waals surface area contributed by atoms with Gasteiger partial charge in [0.1, 0.15) is 18.5 Å². The molecular weight excluding hydrogens is 496 g/mol. The zero-order valence-electron chi connectivity index (χ0n) is 22.5. The van der Waals surface area contributed by atoms with E-state index < -0.39 is 0 Å². The van der Waals surface area contributed by atoms with Crippen LogP contribution in [0.5, 0.6) is 11.6 Å². The molecule has 0 amide bonds. The molecule has 3 fully saturated rings. The van der Waals surface area contributed by atoms with Gasteiger partial charge in [-0.15, -0.1) is 0 Å². The predicted molar refractivity (Wildman–Crippen MR) is 150 cm³/mol. The number of aromatic nitrogens is 3. The number of nitrogens with zero attached hydrogens (tertiary/aromatic N) is 5. The molecule has 4 heterocycles. The Balaban J connectivity index is 0.996. The molecule has 6 rings (SSSR count). The summed E-state index contributed by atoms with van der Waals surface area (Å²) in [6.07, 6.45) is 7.54. The Morgan fingerprint density at radius 3 is 2.38 bits per heavy atom. The van der Waals surface area contributed by atoms with E-state index in [4.69, 9.17) is 23.9 Å². The van der Waals surface area contributed by atoms with Crippen LogP contribution in [-0.2, 0) is 9.47 Å². The van der Waals surface area contributed by atoms with Crippen molar-refractivity contribution in [3.8, 4) is 11.6 Å². The number of rotatable bonds is 9. The molecule has 1 aromatic carbocycles. The van der Waals surface area contributed by atoms with Gasteiger partial charge in [0.2, 0.25) is 11.8 Å². The van der Waals surface area contributed by atoms with E-state index in [2.05, 4.69) is 49.4 Å². The van der Waals surface area contributed by atoms with E-state index in [0.29, 0.717) is 24.3 Å². The van der Waals surface area contributed by atoms with E-state index in [1.165, 1.54) is 0 Å². The summed E-state index contributed by atoms with van der Waals surface area (Å²) in [4.78, 5) is 18.5. The highest BCUT2D eigenvalue weighted by Gasteiger charge is 2.25. The topological polar surface area (TPSA) is 94.1 Å². The molecule has 1 aliphatic carbocycles. The lowest BCUT2D eigenvalue weighted by molar-refractivity contribution is 0.0322. The van der Waals surface area contributed by atoms with Crippen molar-refractivity contribution in [2.24, 2.45) is 0 Å². The third-order valence-corrected chi connectivity index (χ3v) is 7.72. The molecule has 10 heteroatoms. The van der Waals surface area contributed by atoms with E-state index in [1.54, 1.807) is 12.4 Å². The molecule has 2 aliphatic heterocycles. The molecule has 2 aromatic heterocycles. The van der Waals surface area contributed by atoms with E-state index in [-0.39, 0.29) is 6.10 Å². The third-order valence-electron chi connectivity index (χ3n) is 7.72. The number of pyridine rings is 1. The largest absolute Gasteiger partial charge is 0.489 e. The molecule has 0 unspecified atom stereocenters. The zero-order chi connectivity index (χ0) is 26.3. The molecule has 0 spiro atoms. The summed E-state index contributed by atoms with van der Waals surface area (Å²) in [5.74, 6) is 3.04. The standard InChI is InChI=1S/C29H38N6O4/c1-2-4-26-22(3-1)19-27(35-12-16-37-17-13-35)33-28(26)39-24-7-5-23(6-8-24)32-29-30-20-25(21-31-29)38-18-11-34-9-14-36-15-10-34/h1-4,19-21,23-24H,5-18H2,(H,30,31,32). The lowest BCUT2D eigenvalue weighted by Gasteiger charge is -2.31. The number of morpholine rings is 2. The summed E-state index contributed by atoms with van der Waals surface area (Å²) in [5, 5.41) is 5.72. The number of hydrogen-bond acceptors (Lipinski definition) is 10. The van der Waals surface area contributed by atoms with Crippen LogP contribution in [0.3, 0.4) is 0 Å². The Kier molecular flexibility index (Phi) is 8.52. The van der Waals surface area contributed by atoms with E-state index in [9.17, 15) is 0 Å². The second kappa shape index (κ2) is 12.8. The minimum absolute atomic E-state index is 0.141. The summed E-state index contributed by atoms with van der Waals surface area (Å²) < 4.78 is 23.3. The fraction of sp³-hybridized carbons (Fsp3) is 0.552. The smallest absolute Gasteiger partial charge is 0.223 e. The third kappa shape index (κ3) is 6.87. The van der Waals surface area contributed by atoms with Crippen molar-refractivity contribution in [3.63, 3.8) is 0 Å². The highest BCUT2D eigenvalue weighted by Crippen LogP contribution is 2.32. The first-order chi connectivity index (χ1) is 19.3. The van der Waals surface area contributed by atoms with Crippen molar-refractivity contribution < 1.29 is 18.9 Å². The van der Waals surface area contributed by atoms with Crippen molar-refractivity contribution in [1.29, 1.82) is 0 Å². The molecule has 1 saturated carbocycles. The number of benzene rings is 1. The molecule has 2 saturated heterocycles. The monoisotopic (exact) mass is 534 g/mol. The van der Waals surface area contributed by atoms with Crippen LogP contribution >= 0.6 is 0 Å². The Morgan fingerprint density at radius 1 is 0.897 bits per heavy atom. The van der Waals surface area contributed by atoms with Gasteiger partial charge in [0.05, 0.1) is 38.8 Å². The van der Waals surface area contributed by atoms with Gasteiger partial charge in [0, 0.05) is 44.2 Å². The molecular formula is C29H38N6O4. The summed E-state index contributed by atoms with van der Waals surface area (Å²) in [6, 6.07) is 10.8. The summed E-state index contributed by atoms with van der Waals surface area (Å²) in [5.41, 5.74) is 0. The summed E-state index contributed by atoms with van der Waals surface area (Å²) >= 11 is 0. The fourth-order valence-corrected chi connectivity index (χ4v) is 5.45. The van der Waals surface area contributed by atoms with E-state index in [0.717, 1.165) is 107 Å². The maximum absolute atomic E-state index is 6.54. The van der Waals surface area contributed by atoms with Crippen LogP contribution < -0.4 is 19.7 Å². The molecule has 0 radical (unpaired) electrons. The first-order valence-electron chi connectivity index (χ1n) is 14.2. The van der Waals surface area contributed by atoms with Crippen molar-refractivity contribution in [2.45, 2.75) is 37.8 Å². The van der Waals surface area contributed by atoms with Crippen molar-refractivity contribution in [1.82, 2.24) is 19.9 Å². The van der Waals surface area contributed by atoms with E-state index in [1.807, 2.05) is 6.07 Å².